The fourth-order valence-electron chi connectivity index (χ4n) is 2.94. The summed E-state index contributed by atoms with van der Waals surface area (Å²) >= 11 is 6.03. The number of methoxy groups -OCH3 is 1. The molecule has 0 amide bonds. The molecule has 1 aromatic heterocycles. The highest BCUT2D eigenvalue weighted by Gasteiger charge is 2.20. The maximum atomic E-state index is 14.2. The van der Waals surface area contributed by atoms with Gasteiger partial charge in [-0.2, -0.15) is 0 Å². The van der Waals surface area contributed by atoms with Crippen LogP contribution < -0.4 is 4.74 Å². The lowest BCUT2D eigenvalue weighted by atomic mass is 10.1. The highest BCUT2D eigenvalue weighted by atomic mass is 35.5. The van der Waals surface area contributed by atoms with Gasteiger partial charge >= 0.3 is 0 Å². The molecule has 0 bridgehead atoms. The zero-order valence-corrected chi connectivity index (χ0v) is 14.9. The number of benzene rings is 2. The topological polar surface area (TPSA) is 27.1 Å². The summed E-state index contributed by atoms with van der Waals surface area (Å²) in [4.78, 5) is 4.39. The van der Waals surface area contributed by atoms with E-state index >= 15 is 0 Å². The summed E-state index contributed by atoms with van der Waals surface area (Å²) < 4.78 is 35.2. The number of hydrogen-bond acceptors (Lipinski definition) is 2. The highest BCUT2D eigenvalue weighted by Crippen LogP contribution is 2.35. The summed E-state index contributed by atoms with van der Waals surface area (Å²) in [5, 5.41) is 0.534. The first-order chi connectivity index (χ1) is 12.1. The second-order valence-corrected chi connectivity index (χ2v) is 6.30. The van der Waals surface area contributed by atoms with Crippen LogP contribution in [0.25, 0.3) is 22.4 Å². The van der Waals surface area contributed by atoms with Crippen molar-refractivity contribution in [2.75, 3.05) is 7.11 Å². The number of ether oxygens (including phenoxy) is 1. The van der Waals surface area contributed by atoms with E-state index in [-0.39, 0.29) is 5.52 Å². The Balaban J connectivity index is 2.22. The van der Waals surface area contributed by atoms with Gasteiger partial charge in [0.15, 0.2) is 11.6 Å². The lowest BCUT2D eigenvalue weighted by molar-refractivity contribution is 0.416. The van der Waals surface area contributed by atoms with Crippen LogP contribution in [0, 0.1) is 11.6 Å². The van der Waals surface area contributed by atoms with Gasteiger partial charge in [0, 0.05) is 11.6 Å². The van der Waals surface area contributed by atoms with Gasteiger partial charge in [-0.1, -0.05) is 31.4 Å². The maximum absolute atomic E-state index is 14.2. The summed E-state index contributed by atoms with van der Waals surface area (Å²) in [6.07, 6.45) is 3.03. The first kappa shape index (κ1) is 17.7. The van der Waals surface area contributed by atoms with E-state index in [1.807, 2.05) is 4.57 Å². The number of unbranched alkanes of at least 4 members (excludes halogenated alkanes) is 2. The third kappa shape index (κ3) is 3.33. The molecule has 25 heavy (non-hydrogen) atoms. The van der Waals surface area contributed by atoms with Crippen LogP contribution in [0.4, 0.5) is 8.78 Å². The minimum atomic E-state index is -0.930. The molecule has 0 aliphatic carbocycles. The van der Waals surface area contributed by atoms with Crippen LogP contribution in [0.3, 0.4) is 0 Å². The number of rotatable bonds is 6. The number of imidazole rings is 1. The van der Waals surface area contributed by atoms with Crippen LogP contribution in [-0.4, -0.2) is 16.7 Å². The van der Waals surface area contributed by atoms with Crippen LogP contribution in [0.15, 0.2) is 30.3 Å². The van der Waals surface area contributed by atoms with Crippen molar-refractivity contribution >= 4 is 22.6 Å². The van der Waals surface area contributed by atoms with Gasteiger partial charge in [0.2, 0.25) is 0 Å². The predicted molar refractivity (Wildman–Crippen MR) is 96.2 cm³/mol. The molecule has 0 fully saturated rings. The van der Waals surface area contributed by atoms with Gasteiger partial charge in [-0.05, 0) is 36.8 Å². The van der Waals surface area contributed by atoms with Gasteiger partial charge in [-0.25, -0.2) is 13.8 Å². The molecular formula is C19H19ClF2N2O. The largest absolute Gasteiger partial charge is 0.496 e. The summed E-state index contributed by atoms with van der Waals surface area (Å²) in [7, 11) is 1.54. The van der Waals surface area contributed by atoms with Crippen molar-refractivity contribution in [3.63, 3.8) is 0 Å². The van der Waals surface area contributed by atoms with Gasteiger partial charge in [-0.3, -0.25) is 0 Å². The standard InChI is InChI=1S/C19H19ClF2N2O/c1-3-4-5-10-24-15-9-8-14(21)17(22)18(15)23-19(24)13-7-6-12(20)11-16(13)25-2/h6-9,11H,3-5,10H2,1-2H3. The quantitative estimate of drug-likeness (QED) is 0.514. The van der Waals surface area contributed by atoms with E-state index in [9.17, 15) is 8.78 Å². The molecule has 0 aliphatic heterocycles. The molecule has 2 aromatic carbocycles. The third-order valence-corrected chi connectivity index (χ3v) is 4.44. The van der Waals surface area contributed by atoms with E-state index in [0.717, 1.165) is 25.3 Å². The monoisotopic (exact) mass is 364 g/mol. The van der Waals surface area contributed by atoms with Crippen molar-refractivity contribution in [3.05, 3.63) is 47.0 Å². The molecule has 0 saturated carbocycles. The molecule has 0 aliphatic rings. The lowest BCUT2D eigenvalue weighted by Gasteiger charge is -2.12. The summed E-state index contributed by atoms with van der Waals surface area (Å²) in [6, 6.07) is 7.90. The van der Waals surface area contributed by atoms with Crippen molar-refractivity contribution in [2.45, 2.75) is 32.7 Å². The van der Waals surface area contributed by atoms with Crippen molar-refractivity contribution in [1.29, 1.82) is 0 Å². The summed E-state index contributed by atoms with van der Waals surface area (Å²) in [5.41, 5.74) is 1.30. The van der Waals surface area contributed by atoms with Crippen molar-refractivity contribution in [1.82, 2.24) is 9.55 Å². The van der Waals surface area contributed by atoms with Gasteiger partial charge in [-0.15, -0.1) is 0 Å². The first-order valence-corrected chi connectivity index (χ1v) is 8.62. The van der Waals surface area contributed by atoms with E-state index in [1.165, 1.54) is 0 Å². The number of aromatic nitrogens is 2. The van der Waals surface area contributed by atoms with E-state index in [4.69, 9.17) is 16.3 Å². The molecule has 0 N–H and O–H groups in total. The second kappa shape index (κ2) is 7.40. The van der Waals surface area contributed by atoms with Crippen LogP contribution >= 0.6 is 11.6 Å². The highest BCUT2D eigenvalue weighted by molar-refractivity contribution is 6.30. The van der Waals surface area contributed by atoms with Gasteiger partial charge in [0.25, 0.3) is 0 Å². The van der Waals surface area contributed by atoms with Crippen LogP contribution in [0.1, 0.15) is 26.2 Å². The molecule has 0 saturated heterocycles. The number of fused-ring (bicyclic) bond motifs is 1. The Labute approximate surface area is 150 Å². The maximum Gasteiger partial charge on any atom is 0.186 e. The Morgan fingerprint density at radius 2 is 1.96 bits per heavy atom. The van der Waals surface area contributed by atoms with Crippen molar-refractivity contribution < 1.29 is 13.5 Å². The molecule has 0 spiro atoms. The lowest BCUT2D eigenvalue weighted by Crippen LogP contribution is -2.02. The predicted octanol–water partition coefficient (Wildman–Crippen LogP) is 5.83. The molecule has 3 rings (SSSR count). The van der Waals surface area contributed by atoms with Crippen molar-refractivity contribution in [2.24, 2.45) is 0 Å². The fraction of sp³-hybridized carbons (Fsp3) is 0.316. The van der Waals surface area contributed by atoms with E-state index < -0.39 is 11.6 Å². The molecule has 6 heteroatoms. The Morgan fingerprint density at radius 1 is 1.16 bits per heavy atom. The summed E-state index contributed by atoms with van der Waals surface area (Å²) in [5.74, 6) is -0.745. The molecule has 0 unspecified atom stereocenters. The Bertz CT molecular complexity index is 908. The molecule has 0 radical (unpaired) electrons. The Hall–Kier alpha value is -2.14. The third-order valence-electron chi connectivity index (χ3n) is 4.20. The Morgan fingerprint density at radius 3 is 2.68 bits per heavy atom. The molecule has 0 atom stereocenters. The number of aryl methyl sites for hydroxylation is 1. The number of nitrogens with zero attached hydrogens (tertiary/aromatic N) is 2. The summed E-state index contributed by atoms with van der Waals surface area (Å²) in [6.45, 7) is 2.78. The average Bonchev–Trinajstić information content (AvgIpc) is 2.97. The smallest absolute Gasteiger partial charge is 0.186 e. The van der Waals surface area contributed by atoms with E-state index in [0.29, 0.717) is 34.2 Å². The van der Waals surface area contributed by atoms with E-state index in [2.05, 4.69) is 11.9 Å². The van der Waals surface area contributed by atoms with E-state index in [1.54, 1.807) is 31.4 Å². The van der Waals surface area contributed by atoms with Crippen LogP contribution in [-0.2, 0) is 6.54 Å². The average molecular weight is 365 g/mol. The molecule has 1 heterocycles. The van der Waals surface area contributed by atoms with Gasteiger partial charge in [0.1, 0.15) is 17.1 Å². The van der Waals surface area contributed by atoms with Crippen LogP contribution in [0.5, 0.6) is 5.75 Å². The van der Waals surface area contributed by atoms with Crippen LogP contribution in [0.2, 0.25) is 5.02 Å². The fourth-order valence-corrected chi connectivity index (χ4v) is 3.10. The zero-order valence-electron chi connectivity index (χ0n) is 14.2. The second-order valence-electron chi connectivity index (χ2n) is 5.87. The minimum absolute atomic E-state index is 0.0310. The first-order valence-electron chi connectivity index (χ1n) is 8.25. The SMILES string of the molecule is CCCCCn1c(-c2ccc(Cl)cc2OC)nc2c(F)c(F)ccc21. The van der Waals surface area contributed by atoms with Gasteiger partial charge < -0.3 is 9.30 Å². The molecule has 3 aromatic rings. The van der Waals surface area contributed by atoms with Gasteiger partial charge in [0.05, 0.1) is 18.2 Å². The Kier molecular flexibility index (Phi) is 5.23. The number of halogens is 3. The molecular weight excluding hydrogens is 346 g/mol. The van der Waals surface area contributed by atoms with Crippen molar-refractivity contribution in [3.8, 4) is 17.1 Å². The number of hydrogen-bond donors (Lipinski definition) is 0. The zero-order chi connectivity index (χ0) is 18.0. The molecule has 3 nitrogen and oxygen atoms in total. The molecule has 132 valence electrons. The minimum Gasteiger partial charge on any atom is -0.496 e. The normalized spacial score (nSPS) is 11.2.